The number of halogens is 3. The van der Waals surface area contributed by atoms with E-state index >= 15 is 0 Å². The summed E-state index contributed by atoms with van der Waals surface area (Å²) in [7, 11) is 0. The van der Waals surface area contributed by atoms with Crippen molar-refractivity contribution in [3.8, 4) is 0 Å². The first kappa shape index (κ1) is 13.7. The highest BCUT2D eigenvalue weighted by molar-refractivity contribution is 4.63. The van der Waals surface area contributed by atoms with Gasteiger partial charge in [0.15, 0.2) is 0 Å². The molecule has 5 heteroatoms. The van der Waals surface area contributed by atoms with Crippen molar-refractivity contribution in [2.75, 3.05) is 19.6 Å². The monoisotopic (exact) mass is 212 g/mol. The Morgan fingerprint density at radius 2 is 1.93 bits per heavy atom. The number of alkyl halides is 3. The van der Waals surface area contributed by atoms with Gasteiger partial charge in [0, 0.05) is 19.0 Å². The third-order valence-corrected chi connectivity index (χ3v) is 1.83. The van der Waals surface area contributed by atoms with E-state index < -0.39 is 12.6 Å². The molecule has 0 aromatic heterocycles. The molecule has 0 aromatic carbocycles. The molecular weight excluding hydrogens is 193 g/mol. The molecule has 1 atom stereocenters. The largest absolute Gasteiger partial charge is 0.389 e. The van der Waals surface area contributed by atoms with Crippen LogP contribution in [0.3, 0.4) is 0 Å². The van der Waals surface area contributed by atoms with Gasteiger partial charge in [-0.3, -0.25) is 0 Å². The number of hydrogen-bond donors (Lipinski definition) is 2. The van der Waals surface area contributed by atoms with E-state index in [1.165, 1.54) is 0 Å². The Balaban J connectivity index is 3.27. The summed E-state index contributed by atoms with van der Waals surface area (Å²) in [6.07, 6.45) is -4.57. The van der Waals surface area contributed by atoms with Gasteiger partial charge in [-0.2, -0.15) is 13.2 Å². The van der Waals surface area contributed by atoms with Crippen LogP contribution in [0.1, 0.15) is 26.7 Å². The Morgan fingerprint density at radius 1 is 1.29 bits per heavy atom. The second kappa shape index (κ2) is 7.06. The maximum absolute atomic E-state index is 11.7. The van der Waals surface area contributed by atoms with Gasteiger partial charge >= 0.3 is 6.18 Å². The average molecular weight is 212 g/mol. The molecule has 0 rings (SSSR count). The van der Waals surface area contributed by atoms with Crippen LogP contribution in [-0.2, 0) is 0 Å². The Kier molecular flexibility index (Phi) is 6.92. The topological polar surface area (TPSA) is 24.1 Å². The summed E-state index contributed by atoms with van der Waals surface area (Å²) in [5, 5.41) is 6.15. The van der Waals surface area contributed by atoms with Crippen LogP contribution in [0.15, 0.2) is 0 Å². The first-order valence-electron chi connectivity index (χ1n) is 4.96. The SMILES string of the molecule is CCNCC(C)NCCCC(F)(F)F. The first-order valence-corrected chi connectivity index (χ1v) is 4.96. The van der Waals surface area contributed by atoms with Crippen molar-refractivity contribution in [3.63, 3.8) is 0 Å². The van der Waals surface area contributed by atoms with E-state index in [2.05, 4.69) is 10.6 Å². The maximum Gasteiger partial charge on any atom is 0.389 e. The van der Waals surface area contributed by atoms with Gasteiger partial charge < -0.3 is 10.6 Å². The molecule has 0 aliphatic rings. The molecule has 14 heavy (non-hydrogen) atoms. The molecule has 2 N–H and O–H groups in total. The molecule has 0 fully saturated rings. The van der Waals surface area contributed by atoms with Crippen LogP contribution >= 0.6 is 0 Å². The summed E-state index contributed by atoms with van der Waals surface area (Å²) in [6, 6.07) is 0.225. The van der Waals surface area contributed by atoms with Crippen LogP contribution in [0.2, 0.25) is 0 Å². The zero-order valence-electron chi connectivity index (χ0n) is 8.75. The molecule has 2 nitrogen and oxygen atoms in total. The van der Waals surface area contributed by atoms with Gasteiger partial charge in [-0.15, -0.1) is 0 Å². The number of hydrogen-bond acceptors (Lipinski definition) is 2. The minimum atomic E-state index is -4.02. The Labute approximate surface area is 83.3 Å². The average Bonchev–Trinajstić information content (AvgIpc) is 2.07. The van der Waals surface area contributed by atoms with Crippen molar-refractivity contribution < 1.29 is 13.2 Å². The standard InChI is InChI=1S/C9H19F3N2/c1-3-13-7-8(2)14-6-4-5-9(10,11)12/h8,13-14H,3-7H2,1-2H3. The van der Waals surface area contributed by atoms with Crippen LogP contribution in [0.4, 0.5) is 13.2 Å². The predicted molar refractivity (Wildman–Crippen MR) is 51.3 cm³/mol. The molecule has 0 saturated heterocycles. The zero-order chi connectivity index (χ0) is 11.0. The highest BCUT2D eigenvalue weighted by atomic mass is 19.4. The van der Waals surface area contributed by atoms with Crippen LogP contribution in [0.25, 0.3) is 0 Å². The molecule has 0 spiro atoms. The second-order valence-corrected chi connectivity index (χ2v) is 3.38. The van der Waals surface area contributed by atoms with Gasteiger partial charge in [-0.05, 0) is 26.4 Å². The lowest BCUT2D eigenvalue weighted by Gasteiger charge is -2.14. The minimum absolute atomic E-state index is 0.153. The van der Waals surface area contributed by atoms with Gasteiger partial charge in [0.1, 0.15) is 0 Å². The smallest absolute Gasteiger partial charge is 0.315 e. The Morgan fingerprint density at radius 3 is 2.43 bits per heavy atom. The molecule has 0 aromatic rings. The number of nitrogens with one attached hydrogen (secondary N) is 2. The van der Waals surface area contributed by atoms with Crippen LogP contribution in [0, 0.1) is 0 Å². The second-order valence-electron chi connectivity index (χ2n) is 3.38. The lowest BCUT2D eigenvalue weighted by molar-refractivity contribution is -0.135. The lowest BCUT2D eigenvalue weighted by Crippen LogP contribution is -2.36. The van der Waals surface area contributed by atoms with E-state index in [-0.39, 0.29) is 12.5 Å². The van der Waals surface area contributed by atoms with Gasteiger partial charge in [0.2, 0.25) is 0 Å². The van der Waals surface area contributed by atoms with E-state index in [4.69, 9.17) is 0 Å². The molecule has 0 aliphatic carbocycles. The fraction of sp³-hybridized carbons (Fsp3) is 1.00. The molecular formula is C9H19F3N2. The molecule has 0 heterocycles. The number of rotatable bonds is 7. The van der Waals surface area contributed by atoms with E-state index in [9.17, 15) is 13.2 Å². The summed E-state index contributed by atoms with van der Waals surface area (Å²) in [5.41, 5.74) is 0. The normalized spacial score (nSPS) is 14.4. The third-order valence-electron chi connectivity index (χ3n) is 1.83. The maximum atomic E-state index is 11.7. The first-order chi connectivity index (χ1) is 6.45. The summed E-state index contributed by atoms with van der Waals surface area (Å²) in [4.78, 5) is 0. The van der Waals surface area contributed by atoms with E-state index in [0.29, 0.717) is 6.54 Å². The molecule has 0 amide bonds. The molecule has 0 aliphatic heterocycles. The van der Waals surface area contributed by atoms with Gasteiger partial charge in [-0.1, -0.05) is 6.92 Å². The Bertz CT molecular complexity index is 137. The third kappa shape index (κ3) is 9.80. The Hall–Kier alpha value is -0.290. The van der Waals surface area contributed by atoms with Crippen LogP contribution in [0.5, 0.6) is 0 Å². The van der Waals surface area contributed by atoms with E-state index in [1.807, 2.05) is 13.8 Å². The lowest BCUT2D eigenvalue weighted by atomic mass is 10.2. The highest BCUT2D eigenvalue weighted by Crippen LogP contribution is 2.20. The minimum Gasteiger partial charge on any atom is -0.315 e. The van der Waals surface area contributed by atoms with Crippen molar-refractivity contribution >= 4 is 0 Å². The van der Waals surface area contributed by atoms with Crippen LogP contribution < -0.4 is 10.6 Å². The molecule has 0 saturated carbocycles. The zero-order valence-corrected chi connectivity index (χ0v) is 8.75. The van der Waals surface area contributed by atoms with Gasteiger partial charge in [0.25, 0.3) is 0 Å². The quantitative estimate of drug-likeness (QED) is 0.630. The van der Waals surface area contributed by atoms with Gasteiger partial charge in [-0.25, -0.2) is 0 Å². The van der Waals surface area contributed by atoms with Crippen LogP contribution in [-0.4, -0.2) is 31.9 Å². The molecule has 86 valence electrons. The van der Waals surface area contributed by atoms with Crippen molar-refractivity contribution in [2.45, 2.75) is 38.9 Å². The summed E-state index contributed by atoms with van der Waals surface area (Å²) < 4.78 is 35.2. The fourth-order valence-corrected chi connectivity index (χ4v) is 1.07. The highest BCUT2D eigenvalue weighted by Gasteiger charge is 2.25. The van der Waals surface area contributed by atoms with E-state index in [1.54, 1.807) is 0 Å². The summed E-state index contributed by atoms with van der Waals surface area (Å²) >= 11 is 0. The predicted octanol–water partition coefficient (Wildman–Crippen LogP) is 1.92. The van der Waals surface area contributed by atoms with Crippen molar-refractivity contribution in [1.29, 1.82) is 0 Å². The number of likely N-dealkylation sites (N-methyl/N-ethyl adjacent to an activating group) is 1. The summed E-state index contributed by atoms with van der Waals surface area (Å²) in [6.45, 7) is 6.05. The molecule has 0 bridgehead atoms. The molecule has 1 unspecified atom stereocenters. The van der Waals surface area contributed by atoms with E-state index in [0.717, 1.165) is 13.1 Å². The summed E-state index contributed by atoms with van der Waals surface area (Å²) in [5.74, 6) is 0. The fourth-order valence-electron chi connectivity index (χ4n) is 1.07. The van der Waals surface area contributed by atoms with Gasteiger partial charge in [0.05, 0.1) is 0 Å². The van der Waals surface area contributed by atoms with Crippen molar-refractivity contribution in [2.24, 2.45) is 0 Å². The van der Waals surface area contributed by atoms with Crippen molar-refractivity contribution in [1.82, 2.24) is 10.6 Å². The molecule has 0 radical (unpaired) electrons. The van der Waals surface area contributed by atoms with Crippen molar-refractivity contribution in [3.05, 3.63) is 0 Å².